The summed E-state index contributed by atoms with van der Waals surface area (Å²) >= 11 is 7.32. The molecule has 0 atom stereocenters. The summed E-state index contributed by atoms with van der Waals surface area (Å²) in [6.45, 7) is 0. The second-order valence-electron chi connectivity index (χ2n) is 4.24. The number of tetrazole rings is 1. The summed E-state index contributed by atoms with van der Waals surface area (Å²) in [5.74, 6) is 0. The lowest BCUT2D eigenvalue weighted by molar-refractivity contribution is 0.423. The van der Waals surface area contributed by atoms with Crippen LogP contribution in [0.15, 0.2) is 28.4 Å². The average molecular weight is 282 g/mol. The predicted octanol–water partition coefficient (Wildman–Crippen LogP) is 2.99. The minimum atomic E-state index is 0.432. The minimum absolute atomic E-state index is 0.432. The Morgan fingerprint density at radius 1 is 1.28 bits per heavy atom. The number of nitrogens with zero attached hydrogens (tertiary/aromatic N) is 5. The Morgan fingerprint density at radius 3 is 2.89 bits per heavy atom. The maximum Gasteiger partial charge on any atom is 0.215 e. The molecule has 0 aliphatic heterocycles. The molecule has 0 aromatic carbocycles. The molecular weight excluding hydrogens is 270 g/mol. The standard InChI is InChI=1S/C11H12ClN5S/c12-9-6-3-7-10(13-9)18-11-14-15-16-17(11)8-4-1-2-5-8/h3,6-8H,1-2,4-5H2. The van der Waals surface area contributed by atoms with Crippen LogP contribution in [0.4, 0.5) is 0 Å². The van der Waals surface area contributed by atoms with Crippen molar-refractivity contribution in [3.05, 3.63) is 23.4 Å². The third-order valence-electron chi connectivity index (χ3n) is 3.02. The summed E-state index contributed by atoms with van der Waals surface area (Å²) in [5.41, 5.74) is 0. The zero-order valence-electron chi connectivity index (χ0n) is 9.66. The van der Waals surface area contributed by atoms with Crippen molar-refractivity contribution in [1.29, 1.82) is 0 Å². The molecule has 3 rings (SSSR count). The summed E-state index contributed by atoms with van der Waals surface area (Å²) in [6.07, 6.45) is 4.82. The summed E-state index contributed by atoms with van der Waals surface area (Å²) < 4.78 is 1.92. The maximum atomic E-state index is 5.87. The van der Waals surface area contributed by atoms with E-state index in [1.54, 1.807) is 6.07 Å². The number of halogens is 1. The molecule has 2 aromatic rings. The highest BCUT2D eigenvalue weighted by molar-refractivity contribution is 7.99. The minimum Gasteiger partial charge on any atom is -0.229 e. The molecule has 1 saturated carbocycles. The number of hydrogen-bond acceptors (Lipinski definition) is 5. The first-order valence-corrected chi connectivity index (χ1v) is 7.10. The van der Waals surface area contributed by atoms with Crippen molar-refractivity contribution in [3.8, 4) is 0 Å². The van der Waals surface area contributed by atoms with Crippen molar-refractivity contribution in [2.24, 2.45) is 0 Å². The maximum absolute atomic E-state index is 5.87. The Kier molecular flexibility index (Phi) is 3.47. The average Bonchev–Trinajstić information content (AvgIpc) is 2.98. The van der Waals surface area contributed by atoms with Gasteiger partial charge in [-0.2, -0.15) is 0 Å². The quantitative estimate of drug-likeness (QED) is 0.810. The highest BCUT2D eigenvalue weighted by atomic mass is 35.5. The van der Waals surface area contributed by atoms with Gasteiger partial charge in [-0.05, 0) is 47.2 Å². The van der Waals surface area contributed by atoms with Crippen LogP contribution in [0.2, 0.25) is 5.15 Å². The van der Waals surface area contributed by atoms with Gasteiger partial charge in [0.2, 0.25) is 5.16 Å². The summed E-state index contributed by atoms with van der Waals surface area (Å²) in [7, 11) is 0. The highest BCUT2D eigenvalue weighted by Gasteiger charge is 2.22. The van der Waals surface area contributed by atoms with E-state index in [1.807, 2.05) is 16.8 Å². The number of aromatic nitrogens is 5. The molecule has 2 aromatic heterocycles. The normalized spacial score (nSPS) is 16.3. The van der Waals surface area contributed by atoms with E-state index >= 15 is 0 Å². The van der Waals surface area contributed by atoms with Gasteiger partial charge in [-0.3, -0.25) is 0 Å². The topological polar surface area (TPSA) is 56.5 Å². The van der Waals surface area contributed by atoms with Gasteiger partial charge in [0, 0.05) is 0 Å². The summed E-state index contributed by atoms with van der Waals surface area (Å²) in [6, 6.07) is 5.97. The van der Waals surface area contributed by atoms with E-state index in [2.05, 4.69) is 20.5 Å². The molecule has 1 fully saturated rings. The molecular formula is C11H12ClN5S. The first-order valence-electron chi connectivity index (χ1n) is 5.91. The van der Waals surface area contributed by atoms with Crippen molar-refractivity contribution < 1.29 is 0 Å². The van der Waals surface area contributed by atoms with E-state index in [9.17, 15) is 0 Å². The Balaban J connectivity index is 1.82. The van der Waals surface area contributed by atoms with E-state index in [4.69, 9.17) is 11.6 Å². The Hall–Kier alpha value is -1.14. The lowest BCUT2D eigenvalue weighted by Gasteiger charge is -2.10. The van der Waals surface area contributed by atoms with Crippen LogP contribution in [-0.4, -0.2) is 25.2 Å². The van der Waals surface area contributed by atoms with Crippen LogP contribution >= 0.6 is 23.4 Å². The van der Waals surface area contributed by atoms with E-state index in [1.165, 1.54) is 24.6 Å². The van der Waals surface area contributed by atoms with Gasteiger partial charge in [0.15, 0.2) is 0 Å². The molecule has 0 unspecified atom stereocenters. The fourth-order valence-electron chi connectivity index (χ4n) is 2.17. The first kappa shape index (κ1) is 11.9. The van der Waals surface area contributed by atoms with Gasteiger partial charge >= 0.3 is 0 Å². The predicted molar refractivity (Wildman–Crippen MR) is 68.7 cm³/mol. The molecule has 0 spiro atoms. The summed E-state index contributed by atoms with van der Waals surface area (Å²) in [4.78, 5) is 4.24. The van der Waals surface area contributed by atoms with Crippen LogP contribution in [0.25, 0.3) is 0 Å². The Labute approximate surface area is 114 Å². The van der Waals surface area contributed by atoms with Gasteiger partial charge in [0.05, 0.1) is 6.04 Å². The molecule has 2 heterocycles. The van der Waals surface area contributed by atoms with Gasteiger partial charge < -0.3 is 0 Å². The van der Waals surface area contributed by atoms with Crippen molar-refractivity contribution in [2.45, 2.75) is 41.9 Å². The van der Waals surface area contributed by atoms with Gasteiger partial charge in [-0.1, -0.05) is 30.5 Å². The van der Waals surface area contributed by atoms with Crippen LogP contribution < -0.4 is 0 Å². The molecule has 18 heavy (non-hydrogen) atoms. The molecule has 0 amide bonds. The highest BCUT2D eigenvalue weighted by Crippen LogP contribution is 2.33. The second-order valence-corrected chi connectivity index (χ2v) is 5.62. The van der Waals surface area contributed by atoms with Gasteiger partial charge in [0.25, 0.3) is 0 Å². The van der Waals surface area contributed by atoms with Gasteiger partial charge in [-0.25, -0.2) is 9.67 Å². The van der Waals surface area contributed by atoms with Crippen molar-refractivity contribution >= 4 is 23.4 Å². The molecule has 94 valence electrons. The van der Waals surface area contributed by atoms with Gasteiger partial charge in [0.1, 0.15) is 10.2 Å². The fraction of sp³-hybridized carbons (Fsp3) is 0.455. The largest absolute Gasteiger partial charge is 0.229 e. The number of pyridine rings is 1. The zero-order valence-corrected chi connectivity index (χ0v) is 11.2. The molecule has 0 N–H and O–H groups in total. The SMILES string of the molecule is Clc1cccc(Sc2nnnn2C2CCCC2)n1. The first-order chi connectivity index (χ1) is 8.83. The van der Waals surface area contributed by atoms with Gasteiger partial charge in [-0.15, -0.1) is 5.10 Å². The lowest BCUT2D eigenvalue weighted by atomic mass is 10.3. The van der Waals surface area contributed by atoms with Crippen molar-refractivity contribution in [3.63, 3.8) is 0 Å². The van der Waals surface area contributed by atoms with E-state index in [0.717, 1.165) is 23.0 Å². The van der Waals surface area contributed by atoms with Crippen molar-refractivity contribution in [1.82, 2.24) is 25.2 Å². The zero-order chi connectivity index (χ0) is 12.4. The van der Waals surface area contributed by atoms with E-state index in [-0.39, 0.29) is 0 Å². The van der Waals surface area contributed by atoms with Crippen molar-refractivity contribution in [2.75, 3.05) is 0 Å². The molecule has 1 aliphatic rings. The molecule has 0 bridgehead atoms. The third kappa shape index (κ3) is 2.49. The summed E-state index contributed by atoms with van der Waals surface area (Å²) in [5, 5.41) is 14.0. The van der Waals surface area contributed by atoms with Crippen LogP contribution in [0, 0.1) is 0 Å². The monoisotopic (exact) mass is 281 g/mol. The molecule has 5 nitrogen and oxygen atoms in total. The van der Waals surface area contributed by atoms with E-state index in [0.29, 0.717) is 11.2 Å². The second kappa shape index (κ2) is 5.24. The van der Waals surface area contributed by atoms with Crippen LogP contribution in [0.3, 0.4) is 0 Å². The lowest BCUT2D eigenvalue weighted by Crippen LogP contribution is -2.08. The van der Waals surface area contributed by atoms with Crippen LogP contribution in [0.1, 0.15) is 31.7 Å². The third-order valence-corrected chi connectivity index (χ3v) is 4.12. The molecule has 7 heteroatoms. The Bertz CT molecular complexity index is 538. The Morgan fingerprint density at radius 2 is 2.11 bits per heavy atom. The molecule has 0 saturated heterocycles. The molecule has 0 radical (unpaired) electrons. The smallest absolute Gasteiger partial charge is 0.215 e. The number of rotatable bonds is 3. The molecule has 1 aliphatic carbocycles. The van der Waals surface area contributed by atoms with Crippen LogP contribution in [-0.2, 0) is 0 Å². The number of hydrogen-bond donors (Lipinski definition) is 0. The fourth-order valence-corrected chi connectivity index (χ4v) is 3.22. The van der Waals surface area contributed by atoms with E-state index < -0.39 is 0 Å². The van der Waals surface area contributed by atoms with Crippen LogP contribution in [0.5, 0.6) is 0 Å².